The highest BCUT2D eigenvalue weighted by atomic mass is 19.4. The predicted octanol–water partition coefficient (Wildman–Crippen LogP) is 2.63. The highest BCUT2D eigenvalue weighted by molar-refractivity contribution is 5.42. The molecular weight excluding hydrogens is 226 g/mol. The summed E-state index contributed by atoms with van der Waals surface area (Å²) in [6.45, 7) is 0.291. The Hall–Kier alpha value is -1.30. The molecule has 6 heteroatoms. The molecular formula is C10H9F4NO. The SMILES string of the molecule is N[C@H]1CCOc2cc(F)c(C(F)(F)F)cc21. The van der Waals surface area contributed by atoms with E-state index in [4.69, 9.17) is 10.5 Å². The number of halogens is 4. The van der Waals surface area contributed by atoms with E-state index in [9.17, 15) is 17.6 Å². The van der Waals surface area contributed by atoms with Crippen LogP contribution in [0.1, 0.15) is 23.6 Å². The van der Waals surface area contributed by atoms with Crippen LogP contribution >= 0.6 is 0 Å². The summed E-state index contributed by atoms with van der Waals surface area (Å²) in [5.74, 6) is -1.23. The van der Waals surface area contributed by atoms with Gasteiger partial charge in [0.25, 0.3) is 0 Å². The summed E-state index contributed by atoms with van der Waals surface area (Å²) in [6.07, 6.45) is -4.29. The number of hydrogen-bond acceptors (Lipinski definition) is 2. The lowest BCUT2D eigenvalue weighted by Gasteiger charge is -2.24. The Balaban J connectivity index is 2.54. The first-order chi connectivity index (χ1) is 7.39. The molecule has 1 atom stereocenters. The Morgan fingerprint density at radius 3 is 2.62 bits per heavy atom. The molecule has 1 aromatic rings. The minimum Gasteiger partial charge on any atom is -0.493 e. The van der Waals surface area contributed by atoms with Gasteiger partial charge in [-0.15, -0.1) is 0 Å². The molecule has 0 saturated heterocycles. The van der Waals surface area contributed by atoms with E-state index in [0.29, 0.717) is 13.0 Å². The number of hydrogen-bond donors (Lipinski definition) is 1. The fraction of sp³-hybridized carbons (Fsp3) is 0.400. The summed E-state index contributed by atoms with van der Waals surface area (Å²) in [6, 6.07) is 0.941. The third-order valence-corrected chi connectivity index (χ3v) is 2.49. The van der Waals surface area contributed by atoms with Gasteiger partial charge >= 0.3 is 6.18 Å². The van der Waals surface area contributed by atoms with Gasteiger partial charge in [-0.1, -0.05) is 0 Å². The largest absolute Gasteiger partial charge is 0.493 e. The second-order valence-corrected chi connectivity index (χ2v) is 3.61. The molecule has 0 unspecified atom stereocenters. The van der Waals surface area contributed by atoms with Crippen molar-refractivity contribution in [2.75, 3.05) is 6.61 Å². The van der Waals surface area contributed by atoms with Crippen molar-refractivity contribution in [3.8, 4) is 5.75 Å². The molecule has 1 heterocycles. The third-order valence-electron chi connectivity index (χ3n) is 2.49. The molecule has 2 N–H and O–H groups in total. The van der Waals surface area contributed by atoms with Crippen LogP contribution < -0.4 is 10.5 Å². The fourth-order valence-corrected chi connectivity index (χ4v) is 1.66. The average molecular weight is 235 g/mol. The zero-order chi connectivity index (χ0) is 11.9. The maximum Gasteiger partial charge on any atom is 0.419 e. The van der Waals surface area contributed by atoms with E-state index in [1.807, 2.05) is 0 Å². The zero-order valence-electron chi connectivity index (χ0n) is 8.14. The first-order valence-electron chi connectivity index (χ1n) is 4.68. The summed E-state index contributed by atoms with van der Waals surface area (Å²) in [5.41, 5.74) is 4.55. The Morgan fingerprint density at radius 2 is 2.00 bits per heavy atom. The molecule has 0 aromatic heterocycles. The number of benzene rings is 1. The molecule has 2 rings (SSSR count). The van der Waals surface area contributed by atoms with Crippen molar-refractivity contribution in [2.24, 2.45) is 5.73 Å². The van der Waals surface area contributed by atoms with Crippen LogP contribution in [-0.2, 0) is 6.18 Å². The number of ether oxygens (including phenoxy) is 1. The van der Waals surface area contributed by atoms with E-state index in [-0.39, 0.29) is 11.3 Å². The van der Waals surface area contributed by atoms with E-state index in [1.54, 1.807) is 0 Å². The summed E-state index contributed by atoms with van der Waals surface area (Å²) >= 11 is 0. The number of nitrogens with two attached hydrogens (primary N) is 1. The second-order valence-electron chi connectivity index (χ2n) is 3.61. The topological polar surface area (TPSA) is 35.2 Å². The number of alkyl halides is 3. The molecule has 1 aromatic carbocycles. The molecule has 16 heavy (non-hydrogen) atoms. The molecule has 1 aliphatic rings. The van der Waals surface area contributed by atoms with Crippen LogP contribution in [0.4, 0.5) is 17.6 Å². The van der Waals surface area contributed by atoms with Crippen molar-refractivity contribution in [2.45, 2.75) is 18.6 Å². The van der Waals surface area contributed by atoms with Crippen LogP contribution in [0, 0.1) is 5.82 Å². The minimum absolute atomic E-state index is 0.101. The van der Waals surface area contributed by atoms with Gasteiger partial charge in [0.1, 0.15) is 11.6 Å². The molecule has 0 saturated carbocycles. The fourth-order valence-electron chi connectivity index (χ4n) is 1.66. The van der Waals surface area contributed by atoms with Crippen molar-refractivity contribution in [3.63, 3.8) is 0 Å². The number of fused-ring (bicyclic) bond motifs is 1. The summed E-state index contributed by atoms with van der Waals surface area (Å²) in [7, 11) is 0. The lowest BCUT2D eigenvalue weighted by molar-refractivity contribution is -0.140. The quantitative estimate of drug-likeness (QED) is 0.701. The van der Waals surface area contributed by atoms with Gasteiger partial charge in [-0.3, -0.25) is 0 Å². The van der Waals surface area contributed by atoms with Crippen LogP contribution in [0.15, 0.2) is 12.1 Å². The smallest absolute Gasteiger partial charge is 0.419 e. The first-order valence-corrected chi connectivity index (χ1v) is 4.68. The monoisotopic (exact) mass is 235 g/mol. The Morgan fingerprint density at radius 1 is 1.31 bits per heavy atom. The molecule has 0 spiro atoms. The lowest BCUT2D eigenvalue weighted by atomic mass is 9.98. The number of rotatable bonds is 0. The lowest BCUT2D eigenvalue weighted by Crippen LogP contribution is -2.22. The Labute approximate surface area is 89.0 Å². The standard InChI is InChI=1S/C10H9F4NO/c11-7-4-9-5(8(15)1-2-16-9)3-6(7)10(12,13)14/h3-4,8H,1-2,15H2/t8-/m0/s1. The van der Waals surface area contributed by atoms with Gasteiger partial charge in [0.15, 0.2) is 0 Å². The van der Waals surface area contributed by atoms with Gasteiger partial charge in [0.2, 0.25) is 0 Å². The maximum atomic E-state index is 13.2. The van der Waals surface area contributed by atoms with Crippen LogP contribution in [0.25, 0.3) is 0 Å². The van der Waals surface area contributed by atoms with Crippen LogP contribution in [-0.4, -0.2) is 6.61 Å². The van der Waals surface area contributed by atoms with Gasteiger partial charge in [0.05, 0.1) is 12.2 Å². The summed E-state index contributed by atoms with van der Waals surface area (Å²) in [5, 5.41) is 0. The van der Waals surface area contributed by atoms with Gasteiger partial charge in [-0.2, -0.15) is 13.2 Å². The Kier molecular flexibility index (Phi) is 2.53. The van der Waals surface area contributed by atoms with Crippen molar-refractivity contribution in [1.82, 2.24) is 0 Å². The van der Waals surface area contributed by atoms with E-state index >= 15 is 0 Å². The molecule has 0 amide bonds. The van der Waals surface area contributed by atoms with Crippen molar-refractivity contribution >= 4 is 0 Å². The van der Waals surface area contributed by atoms with E-state index in [1.165, 1.54) is 0 Å². The normalized spacial score (nSPS) is 20.2. The van der Waals surface area contributed by atoms with Crippen molar-refractivity contribution < 1.29 is 22.3 Å². The van der Waals surface area contributed by atoms with Gasteiger partial charge < -0.3 is 10.5 Å². The predicted molar refractivity (Wildman–Crippen MR) is 48.4 cm³/mol. The van der Waals surface area contributed by atoms with Gasteiger partial charge in [0, 0.05) is 24.1 Å². The zero-order valence-corrected chi connectivity index (χ0v) is 8.14. The molecule has 0 fully saturated rings. The summed E-state index contributed by atoms with van der Waals surface area (Å²) in [4.78, 5) is 0. The molecule has 2 nitrogen and oxygen atoms in total. The van der Waals surface area contributed by atoms with Crippen LogP contribution in [0.5, 0.6) is 5.75 Å². The Bertz CT molecular complexity index is 416. The molecule has 88 valence electrons. The van der Waals surface area contributed by atoms with Crippen molar-refractivity contribution in [3.05, 3.63) is 29.1 Å². The van der Waals surface area contributed by atoms with Gasteiger partial charge in [-0.05, 0) is 6.07 Å². The minimum atomic E-state index is -4.71. The highest BCUT2D eigenvalue weighted by Crippen LogP contribution is 2.38. The molecule has 0 bridgehead atoms. The van der Waals surface area contributed by atoms with Crippen LogP contribution in [0.3, 0.4) is 0 Å². The van der Waals surface area contributed by atoms with Crippen LogP contribution in [0.2, 0.25) is 0 Å². The first kappa shape index (κ1) is 11.2. The molecule has 0 radical (unpaired) electrons. The summed E-state index contributed by atoms with van der Waals surface area (Å²) < 4.78 is 55.5. The second kappa shape index (κ2) is 3.62. The maximum absolute atomic E-state index is 13.2. The highest BCUT2D eigenvalue weighted by Gasteiger charge is 2.36. The van der Waals surface area contributed by atoms with E-state index in [0.717, 1.165) is 12.1 Å². The molecule has 1 aliphatic heterocycles. The molecule has 0 aliphatic carbocycles. The van der Waals surface area contributed by atoms with Crippen molar-refractivity contribution in [1.29, 1.82) is 0 Å². The average Bonchev–Trinajstić information content (AvgIpc) is 2.15. The van der Waals surface area contributed by atoms with Gasteiger partial charge in [-0.25, -0.2) is 4.39 Å². The third kappa shape index (κ3) is 1.84. The van der Waals surface area contributed by atoms with E-state index in [2.05, 4.69) is 0 Å². The van der Waals surface area contributed by atoms with E-state index < -0.39 is 23.6 Å².